The molecule has 1 fully saturated rings. The molecule has 1 heterocycles. The van der Waals surface area contributed by atoms with Crippen LogP contribution >= 0.6 is 11.8 Å². The maximum Gasteiger partial charge on any atom is 0.239 e. The second-order valence-electron chi connectivity index (χ2n) is 4.23. The summed E-state index contributed by atoms with van der Waals surface area (Å²) < 4.78 is 0. The van der Waals surface area contributed by atoms with Crippen LogP contribution < -0.4 is 5.73 Å². The van der Waals surface area contributed by atoms with E-state index in [1.165, 1.54) is 0 Å². The molecule has 0 bridgehead atoms. The highest BCUT2D eigenvalue weighted by molar-refractivity contribution is 8.00. The number of carbonyl (C=O) groups is 1. The molecule has 1 aliphatic heterocycles. The average molecular weight is 216 g/mol. The first-order valence-corrected chi connectivity index (χ1v) is 6.23. The van der Waals surface area contributed by atoms with Crippen LogP contribution in [-0.2, 0) is 4.79 Å². The molecule has 0 aromatic carbocycles. The SMILES string of the molecule is CC(N)C(=O)N1CCSC(C(C)C)C1. The Morgan fingerprint density at radius 3 is 2.64 bits per heavy atom. The van der Waals surface area contributed by atoms with Crippen molar-refractivity contribution in [2.75, 3.05) is 18.8 Å². The van der Waals surface area contributed by atoms with Gasteiger partial charge in [-0.05, 0) is 12.8 Å². The fourth-order valence-corrected chi connectivity index (χ4v) is 2.87. The van der Waals surface area contributed by atoms with Gasteiger partial charge in [-0.3, -0.25) is 4.79 Å². The zero-order valence-electron chi connectivity index (χ0n) is 9.19. The van der Waals surface area contributed by atoms with Crippen LogP contribution in [0.4, 0.5) is 0 Å². The topological polar surface area (TPSA) is 46.3 Å². The number of amides is 1. The number of rotatable bonds is 2. The minimum absolute atomic E-state index is 0.0935. The normalized spacial score (nSPS) is 25.2. The van der Waals surface area contributed by atoms with E-state index in [9.17, 15) is 4.79 Å². The van der Waals surface area contributed by atoms with Gasteiger partial charge in [0.25, 0.3) is 0 Å². The van der Waals surface area contributed by atoms with E-state index in [2.05, 4.69) is 13.8 Å². The van der Waals surface area contributed by atoms with Crippen molar-refractivity contribution in [2.45, 2.75) is 32.1 Å². The van der Waals surface area contributed by atoms with Crippen molar-refractivity contribution in [3.8, 4) is 0 Å². The van der Waals surface area contributed by atoms with Crippen molar-refractivity contribution < 1.29 is 4.79 Å². The van der Waals surface area contributed by atoms with Gasteiger partial charge in [-0.15, -0.1) is 0 Å². The fourth-order valence-electron chi connectivity index (χ4n) is 1.57. The highest BCUT2D eigenvalue weighted by atomic mass is 32.2. The van der Waals surface area contributed by atoms with Crippen molar-refractivity contribution in [2.24, 2.45) is 11.7 Å². The van der Waals surface area contributed by atoms with Crippen LogP contribution in [-0.4, -0.2) is 40.9 Å². The number of hydrogen-bond donors (Lipinski definition) is 1. The lowest BCUT2D eigenvalue weighted by Crippen LogP contribution is -2.49. The summed E-state index contributed by atoms with van der Waals surface area (Å²) in [7, 11) is 0. The van der Waals surface area contributed by atoms with E-state index in [0.717, 1.165) is 18.8 Å². The van der Waals surface area contributed by atoms with Crippen LogP contribution in [0.15, 0.2) is 0 Å². The predicted molar refractivity (Wildman–Crippen MR) is 61.3 cm³/mol. The molecule has 3 nitrogen and oxygen atoms in total. The van der Waals surface area contributed by atoms with Crippen molar-refractivity contribution in [3.05, 3.63) is 0 Å². The molecule has 0 spiro atoms. The molecule has 2 atom stereocenters. The van der Waals surface area contributed by atoms with Gasteiger partial charge >= 0.3 is 0 Å². The summed E-state index contributed by atoms with van der Waals surface area (Å²) >= 11 is 1.97. The number of nitrogens with zero attached hydrogens (tertiary/aromatic N) is 1. The number of nitrogens with two attached hydrogens (primary N) is 1. The van der Waals surface area contributed by atoms with Crippen molar-refractivity contribution in [3.63, 3.8) is 0 Å². The molecule has 0 saturated carbocycles. The summed E-state index contributed by atoms with van der Waals surface area (Å²) in [5.41, 5.74) is 5.59. The lowest BCUT2D eigenvalue weighted by molar-refractivity contribution is -0.132. The highest BCUT2D eigenvalue weighted by Crippen LogP contribution is 2.24. The molecular weight excluding hydrogens is 196 g/mol. The summed E-state index contributed by atoms with van der Waals surface area (Å²) in [5.74, 6) is 1.76. The number of thioether (sulfide) groups is 1. The molecule has 2 unspecified atom stereocenters. The van der Waals surface area contributed by atoms with E-state index in [1.54, 1.807) is 6.92 Å². The Bertz CT molecular complexity index is 206. The Kier molecular flexibility index (Phi) is 4.26. The lowest BCUT2D eigenvalue weighted by Gasteiger charge is -2.35. The van der Waals surface area contributed by atoms with Gasteiger partial charge in [-0.2, -0.15) is 11.8 Å². The molecular formula is C10H20N2OS. The number of hydrogen-bond acceptors (Lipinski definition) is 3. The summed E-state index contributed by atoms with van der Waals surface area (Å²) in [6.07, 6.45) is 0. The van der Waals surface area contributed by atoms with E-state index in [-0.39, 0.29) is 11.9 Å². The summed E-state index contributed by atoms with van der Waals surface area (Å²) in [4.78, 5) is 13.6. The second-order valence-corrected chi connectivity index (χ2v) is 5.57. The molecule has 4 heteroatoms. The van der Waals surface area contributed by atoms with Gasteiger partial charge < -0.3 is 10.6 Å². The van der Waals surface area contributed by atoms with E-state index in [1.807, 2.05) is 16.7 Å². The predicted octanol–water partition coefficient (Wildman–Crippen LogP) is 0.934. The van der Waals surface area contributed by atoms with Gasteiger partial charge in [0.2, 0.25) is 5.91 Å². The second kappa shape index (κ2) is 5.03. The molecule has 1 rings (SSSR count). The zero-order chi connectivity index (χ0) is 10.7. The van der Waals surface area contributed by atoms with Gasteiger partial charge in [-0.1, -0.05) is 13.8 Å². The van der Waals surface area contributed by atoms with Crippen LogP contribution in [0.25, 0.3) is 0 Å². The van der Waals surface area contributed by atoms with Crippen LogP contribution in [0, 0.1) is 5.92 Å². The molecule has 0 radical (unpaired) electrons. The standard InChI is InChI=1S/C10H20N2OS/c1-7(2)9-6-12(4-5-14-9)10(13)8(3)11/h7-9H,4-6,11H2,1-3H3. The third kappa shape index (κ3) is 2.89. The molecule has 0 aromatic rings. The van der Waals surface area contributed by atoms with E-state index in [0.29, 0.717) is 11.2 Å². The van der Waals surface area contributed by atoms with Gasteiger partial charge in [0, 0.05) is 24.1 Å². The summed E-state index contributed by atoms with van der Waals surface area (Å²) in [6, 6.07) is -0.356. The van der Waals surface area contributed by atoms with Gasteiger partial charge in [0.15, 0.2) is 0 Å². The maximum atomic E-state index is 11.7. The molecule has 82 valence electrons. The Morgan fingerprint density at radius 2 is 2.14 bits per heavy atom. The first-order chi connectivity index (χ1) is 6.52. The molecule has 0 aromatic heterocycles. The maximum absolute atomic E-state index is 11.7. The van der Waals surface area contributed by atoms with Gasteiger partial charge in [-0.25, -0.2) is 0 Å². The van der Waals surface area contributed by atoms with Crippen LogP contribution in [0.1, 0.15) is 20.8 Å². The first kappa shape index (κ1) is 11.9. The van der Waals surface area contributed by atoms with Crippen molar-refractivity contribution >= 4 is 17.7 Å². The number of carbonyl (C=O) groups excluding carboxylic acids is 1. The summed E-state index contributed by atoms with van der Waals surface area (Å²) in [5, 5.41) is 0.575. The van der Waals surface area contributed by atoms with Crippen LogP contribution in [0.3, 0.4) is 0 Å². The Labute approximate surface area is 90.4 Å². The third-order valence-corrected chi connectivity index (χ3v) is 4.08. The van der Waals surface area contributed by atoms with Gasteiger partial charge in [0.1, 0.15) is 0 Å². The Hall–Kier alpha value is -0.220. The minimum atomic E-state index is -0.356. The summed E-state index contributed by atoms with van der Waals surface area (Å²) in [6.45, 7) is 7.89. The van der Waals surface area contributed by atoms with Crippen LogP contribution in [0.2, 0.25) is 0 Å². The Morgan fingerprint density at radius 1 is 1.50 bits per heavy atom. The highest BCUT2D eigenvalue weighted by Gasteiger charge is 2.27. The quantitative estimate of drug-likeness (QED) is 0.747. The van der Waals surface area contributed by atoms with E-state index < -0.39 is 0 Å². The minimum Gasteiger partial charge on any atom is -0.339 e. The van der Waals surface area contributed by atoms with Crippen molar-refractivity contribution in [1.29, 1.82) is 0 Å². The monoisotopic (exact) mass is 216 g/mol. The largest absolute Gasteiger partial charge is 0.339 e. The first-order valence-electron chi connectivity index (χ1n) is 5.18. The van der Waals surface area contributed by atoms with E-state index in [4.69, 9.17) is 5.73 Å². The molecule has 14 heavy (non-hydrogen) atoms. The molecule has 0 aliphatic carbocycles. The average Bonchev–Trinajstić information content (AvgIpc) is 2.16. The molecule has 1 saturated heterocycles. The molecule has 1 amide bonds. The smallest absolute Gasteiger partial charge is 0.239 e. The Balaban J connectivity index is 2.51. The van der Waals surface area contributed by atoms with Gasteiger partial charge in [0.05, 0.1) is 6.04 Å². The van der Waals surface area contributed by atoms with E-state index >= 15 is 0 Å². The fraction of sp³-hybridized carbons (Fsp3) is 0.900. The lowest BCUT2D eigenvalue weighted by atomic mass is 10.1. The molecule has 2 N–H and O–H groups in total. The van der Waals surface area contributed by atoms with Crippen molar-refractivity contribution in [1.82, 2.24) is 4.90 Å². The van der Waals surface area contributed by atoms with Crippen LogP contribution in [0.5, 0.6) is 0 Å². The third-order valence-electron chi connectivity index (χ3n) is 2.54. The zero-order valence-corrected chi connectivity index (χ0v) is 10.0. The molecule has 1 aliphatic rings.